The van der Waals surface area contributed by atoms with Gasteiger partial charge in [-0.05, 0) is 57.7 Å². The van der Waals surface area contributed by atoms with Crippen LogP contribution in [0.5, 0.6) is 17.2 Å². The first-order valence-corrected chi connectivity index (χ1v) is 8.93. The second-order valence-corrected chi connectivity index (χ2v) is 6.57. The number of ketones is 1. The van der Waals surface area contributed by atoms with Crippen LogP contribution in [0.25, 0.3) is 0 Å². The molecule has 0 amide bonds. The number of rotatable bonds is 11. The van der Waals surface area contributed by atoms with Gasteiger partial charge < -0.3 is 24.1 Å². The Kier molecular flexibility index (Phi) is 9.08. The van der Waals surface area contributed by atoms with E-state index < -0.39 is 23.8 Å². The molecular weight excluding hydrogens is 352 g/mol. The van der Waals surface area contributed by atoms with Crippen LogP contribution < -0.4 is 14.2 Å². The monoisotopic (exact) mass is 382 g/mol. The van der Waals surface area contributed by atoms with E-state index >= 15 is 0 Å². The third kappa shape index (κ3) is 6.43. The smallest absolute Gasteiger partial charge is 0.312 e. The highest BCUT2D eigenvalue weighted by Gasteiger charge is 2.31. The molecule has 0 heterocycles. The molecule has 0 aliphatic rings. The van der Waals surface area contributed by atoms with Crippen LogP contribution in [0.1, 0.15) is 39.2 Å². The molecule has 0 spiro atoms. The van der Waals surface area contributed by atoms with Crippen molar-refractivity contribution in [3.63, 3.8) is 0 Å². The number of carbonyl (C=O) groups excluding carboxylic acids is 2. The van der Waals surface area contributed by atoms with E-state index in [2.05, 4.69) is 0 Å². The summed E-state index contributed by atoms with van der Waals surface area (Å²) in [4.78, 5) is 23.8. The molecule has 0 saturated carbocycles. The van der Waals surface area contributed by atoms with Gasteiger partial charge in [0.15, 0.2) is 17.3 Å². The van der Waals surface area contributed by atoms with E-state index in [9.17, 15) is 14.7 Å². The summed E-state index contributed by atoms with van der Waals surface area (Å²) < 4.78 is 21.2. The van der Waals surface area contributed by atoms with Gasteiger partial charge >= 0.3 is 5.97 Å². The molecule has 0 fully saturated rings. The highest BCUT2D eigenvalue weighted by Crippen LogP contribution is 2.38. The van der Waals surface area contributed by atoms with Crippen molar-refractivity contribution in [2.75, 3.05) is 21.3 Å². The van der Waals surface area contributed by atoms with Gasteiger partial charge in [0.1, 0.15) is 6.10 Å². The van der Waals surface area contributed by atoms with Crippen LogP contribution in [-0.2, 0) is 20.7 Å². The average Bonchev–Trinajstić information content (AvgIpc) is 2.62. The van der Waals surface area contributed by atoms with Crippen LogP contribution in [0.15, 0.2) is 12.1 Å². The maximum absolute atomic E-state index is 12.2. The molecule has 2 atom stereocenters. The summed E-state index contributed by atoms with van der Waals surface area (Å²) >= 11 is 0. The predicted octanol–water partition coefficient (Wildman–Crippen LogP) is 2.55. The first-order chi connectivity index (χ1) is 12.7. The number of benzene rings is 1. The molecule has 152 valence electrons. The molecule has 0 aromatic heterocycles. The third-order valence-electron chi connectivity index (χ3n) is 4.16. The molecule has 1 N–H and O–H groups in total. The highest BCUT2D eigenvalue weighted by molar-refractivity contribution is 5.86. The minimum atomic E-state index is -1.36. The maximum atomic E-state index is 12.2. The zero-order chi connectivity index (χ0) is 20.6. The largest absolute Gasteiger partial charge is 0.493 e. The van der Waals surface area contributed by atoms with Crippen LogP contribution in [0.2, 0.25) is 0 Å². The topological polar surface area (TPSA) is 91.3 Å². The van der Waals surface area contributed by atoms with E-state index in [1.165, 1.54) is 14.0 Å². The van der Waals surface area contributed by atoms with Crippen molar-refractivity contribution in [2.24, 2.45) is 5.92 Å². The molecular formula is C20H30O7. The number of hydrogen-bond donors (Lipinski definition) is 1. The minimum Gasteiger partial charge on any atom is -0.493 e. The molecule has 1 aromatic carbocycles. The summed E-state index contributed by atoms with van der Waals surface area (Å²) in [6.07, 6.45) is -0.179. The first-order valence-electron chi connectivity index (χ1n) is 8.93. The molecule has 7 nitrogen and oxygen atoms in total. The summed E-state index contributed by atoms with van der Waals surface area (Å²) in [7, 11) is 4.62. The van der Waals surface area contributed by atoms with Crippen LogP contribution in [0, 0.1) is 5.92 Å². The quantitative estimate of drug-likeness (QED) is 0.588. The lowest BCUT2D eigenvalue weighted by atomic mass is 9.92. The Morgan fingerprint density at radius 1 is 1.04 bits per heavy atom. The fraction of sp³-hybridized carbons (Fsp3) is 0.600. The molecule has 1 rings (SSSR count). The molecule has 0 saturated heterocycles. The molecule has 0 bridgehead atoms. The lowest BCUT2D eigenvalue weighted by molar-refractivity contribution is -0.159. The van der Waals surface area contributed by atoms with E-state index in [0.717, 1.165) is 5.56 Å². The molecule has 7 heteroatoms. The normalized spacial score (nSPS) is 13.0. The van der Waals surface area contributed by atoms with Gasteiger partial charge in [-0.2, -0.15) is 0 Å². The number of ether oxygens (including phenoxy) is 4. The number of aliphatic hydroxyl groups excluding tert-OH is 1. The number of esters is 1. The van der Waals surface area contributed by atoms with Gasteiger partial charge in [-0.3, -0.25) is 9.59 Å². The van der Waals surface area contributed by atoms with Crippen molar-refractivity contribution in [3.05, 3.63) is 17.7 Å². The van der Waals surface area contributed by atoms with Crippen LogP contribution in [0.3, 0.4) is 0 Å². The molecule has 1 aromatic rings. The number of aryl methyl sites for hydroxylation is 1. The zero-order valence-corrected chi connectivity index (χ0v) is 16.9. The van der Waals surface area contributed by atoms with Crippen LogP contribution in [-0.4, -0.2) is 50.4 Å². The Bertz CT molecular complexity index is 614. The van der Waals surface area contributed by atoms with Crippen molar-refractivity contribution < 1.29 is 33.6 Å². The van der Waals surface area contributed by atoms with Gasteiger partial charge in [0.2, 0.25) is 5.75 Å². The Morgan fingerprint density at radius 2 is 1.59 bits per heavy atom. The average molecular weight is 382 g/mol. The highest BCUT2D eigenvalue weighted by atomic mass is 16.5. The van der Waals surface area contributed by atoms with Gasteiger partial charge in [0.05, 0.1) is 33.4 Å². The van der Waals surface area contributed by atoms with Gasteiger partial charge in [-0.25, -0.2) is 0 Å². The number of Topliss-reactive ketones (excluding diaryl/α,β-unsaturated/α-hetero) is 1. The molecule has 0 aliphatic heterocycles. The summed E-state index contributed by atoms with van der Waals surface area (Å²) in [5, 5.41) is 10.1. The summed E-state index contributed by atoms with van der Waals surface area (Å²) in [5.74, 6) is -0.287. The Morgan fingerprint density at radius 3 is 2.00 bits per heavy atom. The van der Waals surface area contributed by atoms with Gasteiger partial charge in [0, 0.05) is 0 Å². The molecule has 0 unspecified atom stereocenters. The SMILES string of the molecule is COc1cc(CCC[C@@H](C(=O)OC(C)C)[C@H](O)C(C)=O)cc(OC)c1OC. The van der Waals surface area contributed by atoms with Gasteiger partial charge in [0.25, 0.3) is 0 Å². The van der Waals surface area contributed by atoms with Crippen molar-refractivity contribution in [1.82, 2.24) is 0 Å². The first kappa shape index (κ1) is 22.8. The zero-order valence-electron chi connectivity index (χ0n) is 16.9. The fourth-order valence-electron chi connectivity index (χ4n) is 2.81. The van der Waals surface area contributed by atoms with E-state index in [-0.39, 0.29) is 6.10 Å². The van der Waals surface area contributed by atoms with E-state index in [4.69, 9.17) is 18.9 Å². The number of methoxy groups -OCH3 is 3. The number of carbonyl (C=O) groups is 2. The Hall–Kier alpha value is -2.28. The Balaban J connectivity index is 2.88. The number of hydrogen-bond acceptors (Lipinski definition) is 7. The lowest BCUT2D eigenvalue weighted by Gasteiger charge is -2.21. The summed E-state index contributed by atoms with van der Waals surface area (Å²) in [6.45, 7) is 4.72. The minimum absolute atomic E-state index is 0.311. The van der Waals surface area contributed by atoms with Crippen LogP contribution >= 0.6 is 0 Å². The molecule has 27 heavy (non-hydrogen) atoms. The van der Waals surface area contributed by atoms with Gasteiger partial charge in [-0.15, -0.1) is 0 Å². The second-order valence-electron chi connectivity index (χ2n) is 6.57. The van der Waals surface area contributed by atoms with E-state index in [1.54, 1.807) is 28.1 Å². The standard InChI is InChI=1S/C20H30O7/c1-12(2)27-20(23)15(18(22)13(3)21)9-7-8-14-10-16(24-4)19(26-6)17(11-14)25-5/h10-12,15,18,22H,7-9H2,1-6H3/t15-,18-/m1/s1. The third-order valence-corrected chi connectivity index (χ3v) is 4.16. The summed E-state index contributed by atoms with van der Waals surface area (Å²) in [5.41, 5.74) is 0.929. The van der Waals surface area contributed by atoms with Crippen molar-refractivity contribution in [3.8, 4) is 17.2 Å². The maximum Gasteiger partial charge on any atom is 0.312 e. The van der Waals surface area contributed by atoms with Gasteiger partial charge in [-0.1, -0.05) is 0 Å². The molecule has 0 aliphatic carbocycles. The van der Waals surface area contributed by atoms with Crippen molar-refractivity contribution in [1.29, 1.82) is 0 Å². The van der Waals surface area contributed by atoms with E-state index in [0.29, 0.717) is 36.5 Å². The number of aliphatic hydroxyl groups is 1. The lowest BCUT2D eigenvalue weighted by Crippen LogP contribution is -2.35. The van der Waals surface area contributed by atoms with E-state index in [1.807, 2.05) is 12.1 Å². The van der Waals surface area contributed by atoms with Crippen molar-refractivity contribution in [2.45, 2.75) is 52.2 Å². The van der Waals surface area contributed by atoms with Crippen LogP contribution in [0.4, 0.5) is 0 Å². The van der Waals surface area contributed by atoms with Crippen molar-refractivity contribution >= 4 is 11.8 Å². The molecule has 0 radical (unpaired) electrons. The fourth-order valence-corrected chi connectivity index (χ4v) is 2.81. The second kappa shape index (κ2) is 10.8. The predicted molar refractivity (Wildman–Crippen MR) is 100 cm³/mol. The summed E-state index contributed by atoms with van der Waals surface area (Å²) in [6, 6.07) is 3.68. The Labute approximate surface area is 160 Å².